The zero-order valence-electron chi connectivity index (χ0n) is 10.7. The highest BCUT2D eigenvalue weighted by molar-refractivity contribution is 5.86. The van der Waals surface area contributed by atoms with Crippen LogP contribution in [0.1, 0.15) is 26.7 Å². The maximum Gasteiger partial charge on any atom is 0.415 e. The summed E-state index contributed by atoms with van der Waals surface area (Å²) in [4.78, 5) is 13.6. The molecule has 1 rings (SSSR count). The molecule has 1 amide bonds. The minimum absolute atomic E-state index is 0.0282. The lowest BCUT2D eigenvalue weighted by Crippen LogP contribution is -2.62. The third-order valence-electron chi connectivity index (χ3n) is 3.38. The van der Waals surface area contributed by atoms with Crippen molar-refractivity contribution in [1.82, 2.24) is 10.2 Å². The van der Waals surface area contributed by atoms with Gasteiger partial charge in [0, 0.05) is 12.6 Å². The summed E-state index contributed by atoms with van der Waals surface area (Å²) in [6.07, 6.45) is -2.56. The van der Waals surface area contributed by atoms with Gasteiger partial charge >= 0.3 is 6.18 Å². The number of halogens is 3. The Morgan fingerprint density at radius 2 is 1.89 bits per heavy atom. The average Bonchev–Trinajstić information content (AvgIpc) is 2.76. The fourth-order valence-corrected chi connectivity index (χ4v) is 1.86. The Bertz CT molecular complexity index is 298. The summed E-state index contributed by atoms with van der Waals surface area (Å²) in [5.74, 6) is -1.18. The highest BCUT2D eigenvalue weighted by Gasteiger charge is 2.53. The van der Waals surface area contributed by atoms with Crippen LogP contribution >= 0.6 is 0 Å². The SMILES string of the molecule is CC(CNC(=O)C(C)(N)C(F)(F)F)N1CCCC1. The molecule has 0 radical (unpaired) electrons. The lowest BCUT2D eigenvalue weighted by atomic mass is 10.0. The van der Waals surface area contributed by atoms with Crippen LogP contribution in [0.5, 0.6) is 0 Å². The van der Waals surface area contributed by atoms with Gasteiger partial charge in [-0.3, -0.25) is 9.69 Å². The molecule has 0 aromatic carbocycles. The van der Waals surface area contributed by atoms with Crippen molar-refractivity contribution in [3.63, 3.8) is 0 Å². The lowest BCUT2D eigenvalue weighted by molar-refractivity contribution is -0.187. The Morgan fingerprint density at radius 3 is 2.33 bits per heavy atom. The topological polar surface area (TPSA) is 58.4 Å². The van der Waals surface area contributed by atoms with E-state index in [4.69, 9.17) is 5.73 Å². The van der Waals surface area contributed by atoms with Gasteiger partial charge in [0.15, 0.2) is 5.54 Å². The molecule has 0 aromatic heterocycles. The first-order valence-corrected chi connectivity index (χ1v) is 6.04. The fraction of sp³-hybridized carbons (Fsp3) is 0.909. The first-order valence-electron chi connectivity index (χ1n) is 6.04. The van der Waals surface area contributed by atoms with Gasteiger partial charge in [-0.05, 0) is 39.8 Å². The van der Waals surface area contributed by atoms with Gasteiger partial charge in [0.2, 0.25) is 5.91 Å². The standard InChI is InChI=1S/C11H20F3N3O/c1-8(17-5-3-4-6-17)7-16-9(18)10(2,15)11(12,13)14/h8H,3-7,15H2,1-2H3,(H,16,18). The van der Waals surface area contributed by atoms with Gasteiger partial charge in [-0.2, -0.15) is 13.2 Å². The molecule has 106 valence electrons. The summed E-state index contributed by atoms with van der Waals surface area (Å²) in [6.45, 7) is 4.60. The molecule has 1 heterocycles. The number of nitrogens with two attached hydrogens (primary N) is 1. The lowest BCUT2D eigenvalue weighted by Gasteiger charge is -2.29. The Morgan fingerprint density at radius 1 is 1.39 bits per heavy atom. The second kappa shape index (κ2) is 5.44. The van der Waals surface area contributed by atoms with Crippen molar-refractivity contribution in [2.45, 2.75) is 44.4 Å². The number of rotatable bonds is 4. The van der Waals surface area contributed by atoms with Crippen molar-refractivity contribution in [2.24, 2.45) is 5.73 Å². The number of hydrogen-bond donors (Lipinski definition) is 2. The number of carbonyl (C=O) groups is 1. The monoisotopic (exact) mass is 267 g/mol. The number of likely N-dealkylation sites (tertiary alicyclic amines) is 1. The first kappa shape index (κ1) is 15.2. The van der Waals surface area contributed by atoms with Crippen LogP contribution in [0.3, 0.4) is 0 Å². The zero-order valence-corrected chi connectivity index (χ0v) is 10.7. The maximum absolute atomic E-state index is 12.5. The summed E-state index contributed by atoms with van der Waals surface area (Å²) in [5.41, 5.74) is 2.19. The summed E-state index contributed by atoms with van der Waals surface area (Å²) in [5, 5.41) is 2.28. The van der Waals surface area contributed by atoms with Crippen molar-refractivity contribution in [2.75, 3.05) is 19.6 Å². The minimum atomic E-state index is -4.74. The Labute approximate surface area is 105 Å². The van der Waals surface area contributed by atoms with Crippen molar-refractivity contribution in [3.05, 3.63) is 0 Å². The second-order valence-corrected chi connectivity index (χ2v) is 5.00. The van der Waals surface area contributed by atoms with Crippen LogP contribution in [-0.2, 0) is 4.79 Å². The van der Waals surface area contributed by atoms with Crippen LogP contribution < -0.4 is 11.1 Å². The second-order valence-electron chi connectivity index (χ2n) is 5.00. The van der Waals surface area contributed by atoms with Crippen LogP contribution in [0.4, 0.5) is 13.2 Å². The molecule has 7 heteroatoms. The molecule has 0 aromatic rings. The van der Waals surface area contributed by atoms with E-state index in [1.54, 1.807) is 0 Å². The molecule has 1 saturated heterocycles. The normalized spacial score (nSPS) is 22.6. The van der Waals surface area contributed by atoms with Gasteiger partial charge in [0.05, 0.1) is 0 Å². The molecular formula is C11H20F3N3O. The molecule has 4 nitrogen and oxygen atoms in total. The fourth-order valence-electron chi connectivity index (χ4n) is 1.86. The van der Waals surface area contributed by atoms with E-state index in [-0.39, 0.29) is 12.6 Å². The number of alkyl halides is 3. The van der Waals surface area contributed by atoms with Crippen LogP contribution in [-0.4, -0.2) is 48.2 Å². The van der Waals surface area contributed by atoms with Gasteiger partial charge in [-0.15, -0.1) is 0 Å². The van der Waals surface area contributed by atoms with E-state index in [0.29, 0.717) is 6.92 Å². The Balaban J connectivity index is 2.45. The van der Waals surface area contributed by atoms with E-state index < -0.39 is 17.6 Å². The van der Waals surface area contributed by atoms with Crippen molar-refractivity contribution >= 4 is 5.91 Å². The van der Waals surface area contributed by atoms with Crippen LogP contribution in [0, 0.1) is 0 Å². The third kappa shape index (κ3) is 3.35. The minimum Gasteiger partial charge on any atom is -0.353 e. The zero-order chi connectivity index (χ0) is 14.0. The molecule has 0 spiro atoms. The van der Waals surface area contributed by atoms with Crippen LogP contribution in [0.15, 0.2) is 0 Å². The van der Waals surface area contributed by atoms with Crippen molar-refractivity contribution in [1.29, 1.82) is 0 Å². The van der Waals surface area contributed by atoms with E-state index in [1.807, 2.05) is 6.92 Å². The molecule has 0 aliphatic carbocycles. The highest BCUT2D eigenvalue weighted by atomic mass is 19.4. The first-order chi connectivity index (χ1) is 8.16. The number of amides is 1. The molecule has 2 atom stereocenters. The predicted octanol–water partition coefficient (Wildman–Crippen LogP) is 0.867. The molecule has 0 saturated carbocycles. The number of hydrogen-bond acceptors (Lipinski definition) is 3. The smallest absolute Gasteiger partial charge is 0.353 e. The molecular weight excluding hydrogens is 247 g/mol. The molecule has 1 aliphatic rings. The van der Waals surface area contributed by atoms with E-state index in [1.165, 1.54) is 0 Å². The van der Waals surface area contributed by atoms with E-state index >= 15 is 0 Å². The van der Waals surface area contributed by atoms with Crippen molar-refractivity contribution in [3.8, 4) is 0 Å². The van der Waals surface area contributed by atoms with Gasteiger partial charge < -0.3 is 11.1 Å². The maximum atomic E-state index is 12.5. The van der Waals surface area contributed by atoms with E-state index in [2.05, 4.69) is 10.2 Å². The third-order valence-corrected chi connectivity index (χ3v) is 3.38. The van der Waals surface area contributed by atoms with Crippen LogP contribution in [0.2, 0.25) is 0 Å². The predicted molar refractivity (Wildman–Crippen MR) is 61.9 cm³/mol. The van der Waals surface area contributed by atoms with Gasteiger partial charge in [0.1, 0.15) is 0 Å². The summed E-state index contributed by atoms with van der Waals surface area (Å²) < 4.78 is 37.5. The molecule has 0 bridgehead atoms. The Hall–Kier alpha value is -0.820. The average molecular weight is 267 g/mol. The van der Waals surface area contributed by atoms with Crippen molar-refractivity contribution < 1.29 is 18.0 Å². The van der Waals surface area contributed by atoms with Gasteiger partial charge in [-0.25, -0.2) is 0 Å². The molecule has 3 N–H and O–H groups in total. The summed E-state index contributed by atoms with van der Waals surface area (Å²) >= 11 is 0. The number of carbonyl (C=O) groups excluding carboxylic acids is 1. The quantitative estimate of drug-likeness (QED) is 0.794. The van der Waals surface area contributed by atoms with E-state index in [9.17, 15) is 18.0 Å². The molecule has 1 fully saturated rings. The summed E-state index contributed by atoms with van der Waals surface area (Å²) in [6, 6.07) is 0.0282. The number of nitrogens with zero attached hydrogens (tertiary/aromatic N) is 1. The molecule has 1 aliphatic heterocycles. The van der Waals surface area contributed by atoms with Gasteiger partial charge in [-0.1, -0.05) is 0 Å². The van der Waals surface area contributed by atoms with E-state index in [0.717, 1.165) is 25.9 Å². The summed E-state index contributed by atoms with van der Waals surface area (Å²) in [7, 11) is 0. The van der Waals surface area contributed by atoms with Gasteiger partial charge in [0.25, 0.3) is 0 Å². The Kier molecular flexibility index (Phi) is 4.61. The van der Waals surface area contributed by atoms with Crippen LogP contribution in [0.25, 0.3) is 0 Å². The largest absolute Gasteiger partial charge is 0.415 e. The number of nitrogens with one attached hydrogen (secondary N) is 1. The molecule has 18 heavy (non-hydrogen) atoms. The highest BCUT2D eigenvalue weighted by Crippen LogP contribution is 2.27. The molecule has 2 unspecified atom stereocenters.